The van der Waals surface area contributed by atoms with Gasteiger partial charge in [0.2, 0.25) is 0 Å². The van der Waals surface area contributed by atoms with Gasteiger partial charge in [-0.3, -0.25) is 4.90 Å². The first-order chi connectivity index (χ1) is 8.44. The van der Waals surface area contributed by atoms with Gasteiger partial charge >= 0.3 is 0 Å². The molecule has 0 saturated carbocycles. The Bertz CT molecular complexity index is 334. The largest absolute Gasteiger partial charge is 0.390 e. The van der Waals surface area contributed by atoms with Crippen LogP contribution in [0.3, 0.4) is 0 Å². The molecule has 0 bridgehead atoms. The number of sulfone groups is 1. The van der Waals surface area contributed by atoms with Crippen LogP contribution >= 0.6 is 0 Å². The van der Waals surface area contributed by atoms with Gasteiger partial charge < -0.3 is 15.2 Å². The molecule has 2 unspecified atom stereocenters. The summed E-state index contributed by atoms with van der Waals surface area (Å²) in [6.07, 6.45) is 0.179. The Morgan fingerprint density at radius 1 is 1.56 bits per heavy atom. The van der Waals surface area contributed by atoms with Crippen molar-refractivity contribution in [2.24, 2.45) is 0 Å². The topological polar surface area (TPSA) is 78.9 Å². The van der Waals surface area contributed by atoms with E-state index in [1.807, 2.05) is 11.9 Å². The van der Waals surface area contributed by atoms with E-state index in [0.717, 1.165) is 0 Å². The highest BCUT2D eigenvalue weighted by atomic mass is 32.2. The molecule has 18 heavy (non-hydrogen) atoms. The smallest absolute Gasteiger partial charge is 0.151 e. The van der Waals surface area contributed by atoms with E-state index >= 15 is 0 Å². The van der Waals surface area contributed by atoms with Gasteiger partial charge in [-0.1, -0.05) is 0 Å². The summed E-state index contributed by atoms with van der Waals surface area (Å²) in [7, 11) is 0.640. The number of hydrogen-bond donors (Lipinski definition) is 2. The number of aliphatic hydroxyl groups is 1. The Kier molecular flexibility index (Phi) is 6.51. The molecule has 0 spiro atoms. The van der Waals surface area contributed by atoms with Gasteiger partial charge in [-0.25, -0.2) is 8.42 Å². The van der Waals surface area contributed by atoms with Crippen molar-refractivity contribution in [1.29, 1.82) is 0 Å². The number of aliphatic hydroxyl groups excluding tert-OH is 1. The molecule has 0 amide bonds. The Hall–Kier alpha value is -0.210. The highest BCUT2D eigenvalue weighted by molar-refractivity contribution is 7.91. The Labute approximate surface area is 109 Å². The van der Waals surface area contributed by atoms with Crippen LogP contribution in [0, 0.1) is 0 Å². The number of methoxy groups -OCH3 is 1. The van der Waals surface area contributed by atoms with E-state index in [-0.39, 0.29) is 17.5 Å². The van der Waals surface area contributed by atoms with Gasteiger partial charge in [-0.2, -0.15) is 0 Å². The SMILES string of the molecule is COCCNCC(O)CN(C)C1CCS(=O)(=O)C1. The van der Waals surface area contributed by atoms with Crippen molar-refractivity contribution in [3.8, 4) is 0 Å². The van der Waals surface area contributed by atoms with Crippen LogP contribution in [0.1, 0.15) is 6.42 Å². The third-order valence-electron chi connectivity index (χ3n) is 3.19. The van der Waals surface area contributed by atoms with E-state index < -0.39 is 15.9 Å². The second kappa shape index (κ2) is 7.40. The summed E-state index contributed by atoms with van der Waals surface area (Å²) in [5, 5.41) is 12.9. The molecule has 0 aromatic rings. The lowest BCUT2D eigenvalue weighted by molar-refractivity contribution is 0.105. The lowest BCUT2D eigenvalue weighted by Gasteiger charge is -2.25. The molecule has 0 aromatic carbocycles. The summed E-state index contributed by atoms with van der Waals surface area (Å²) in [6, 6.07) is 0.0450. The molecule has 1 rings (SSSR count). The Balaban J connectivity index is 2.21. The summed E-state index contributed by atoms with van der Waals surface area (Å²) in [5.41, 5.74) is 0. The highest BCUT2D eigenvalue weighted by Crippen LogP contribution is 2.16. The summed E-state index contributed by atoms with van der Waals surface area (Å²) in [5.74, 6) is 0.484. The van der Waals surface area contributed by atoms with Gasteiger partial charge in [0.05, 0.1) is 24.2 Å². The quantitative estimate of drug-likeness (QED) is 0.538. The molecule has 1 fully saturated rings. The number of hydrogen-bond acceptors (Lipinski definition) is 6. The maximum atomic E-state index is 11.4. The van der Waals surface area contributed by atoms with E-state index in [1.165, 1.54) is 0 Å². The first-order valence-corrected chi connectivity index (χ1v) is 8.05. The van der Waals surface area contributed by atoms with Gasteiger partial charge in [0.15, 0.2) is 9.84 Å². The Morgan fingerprint density at radius 3 is 2.83 bits per heavy atom. The molecular weight excluding hydrogens is 256 g/mol. The molecule has 0 radical (unpaired) electrons. The van der Waals surface area contributed by atoms with Crippen LogP contribution in [-0.4, -0.2) is 82.5 Å². The minimum atomic E-state index is -2.86. The molecule has 0 aromatic heterocycles. The van der Waals surface area contributed by atoms with Crippen molar-refractivity contribution in [1.82, 2.24) is 10.2 Å². The normalized spacial score (nSPS) is 24.6. The molecular formula is C11H24N2O4S. The lowest BCUT2D eigenvalue weighted by atomic mass is 10.2. The molecule has 6 nitrogen and oxygen atoms in total. The van der Waals surface area contributed by atoms with Gasteiger partial charge in [-0.15, -0.1) is 0 Å². The molecule has 1 aliphatic rings. The highest BCUT2D eigenvalue weighted by Gasteiger charge is 2.31. The van der Waals surface area contributed by atoms with Gasteiger partial charge in [0.1, 0.15) is 0 Å². The van der Waals surface area contributed by atoms with Crippen LogP contribution in [0.2, 0.25) is 0 Å². The summed E-state index contributed by atoms with van der Waals surface area (Å²) in [6.45, 7) is 2.30. The second-order valence-corrected chi connectivity index (χ2v) is 7.08. The fourth-order valence-electron chi connectivity index (χ4n) is 2.11. The van der Waals surface area contributed by atoms with Gasteiger partial charge in [-0.05, 0) is 13.5 Å². The van der Waals surface area contributed by atoms with E-state index in [4.69, 9.17) is 4.74 Å². The van der Waals surface area contributed by atoms with E-state index in [2.05, 4.69) is 5.32 Å². The maximum Gasteiger partial charge on any atom is 0.151 e. The van der Waals surface area contributed by atoms with Gasteiger partial charge in [0, 0.05) is 32.8 Å². The maximum absolute atomic E-state index is 11.4. The van der Waals surface area contributed by atoms with Crippen LogP contribution < -0.4 is 5.32 Å². The van der Waals surface area contributed by atoms with Crippen molar-refractivity contribution in [3.63, 3.8) is 0 Å². The van der Waals surface area contributed by atoms with E-state index in [9.17, 15) is 13.5 Å². The number of rotatable bonds is 8. The average Bonchev–Trinajstić information content (AvgIpc) is 2.65. The zero-order chi connectivity index (χ0) is 13.6. The third-order valence-corrected chi connectivity index (χ3v) is 4.94. The molecule has 1 saturated heterocycles. The monoisotopic (exact) mass is 280 g/mol. The molecule has 108 valence electrons. The number of ether oxygens (including phenoxy) is 1. The van der Waals surface area contributed by atoms with E-state index in [1.54, 1.807) is 7.11 Å². The van der Waals surface area contributed by atoms with Crippen molar-refractivity contribution in [2.75, 3.05) is 51.9 Å². The van der Waals surface area contributed by atoms with Crippen molar-refractivity contribution >= 4 is 9.84 Å². The summed E-state index contributed by atoms with van der Waals surface area (Å²) >= 11 is 0. The van der Waals surface area contributed by atoms with E-state index in [0.29, 0.717) is 32.7 Å². The number of nitrogens with zero attached hydrogens (tertiary/aromatic N) is 1. The second-order valence-electron chi connectivity index (χ2n) is 4.85. The fraction of sp³-hybridized carbons (Fsp3) is 1.00. The van der Waals surface area contributed by atoms with Crippen molar-refractivity contribution < 1.29 is 18.3 Å². The zero-order valence-electron chi connectivity index (χ0n) is 11.1. The summed E-state index contributed by atoms with van der Waals surface area (Å²) < 4.78 is 27.6. The standard InChI is InChI=1S/C11H24N2O4S/c1-13(10-3-6-18(15,16)9-10)8-11(14)7-12-4-5-17-2/h10-12,14H,3-9H2,1-2H3. The molecule has 1 aliphatic heterocycles. The minimum Gasteiger partial charge on any atom is -0.390 e. The molecule has 7 heteroatoms. The molecule has 2 N–H and O–H groups in total. The Morgan fingerprint density at radius 2 is 2.28 bits per heavy atom. The molecule has 0 aliphatic carbocycles. The lowest BCUT2D eigenvalue weighted by Crippen LogP contribution is -2.42. The van der Waals surface area contributed by atoms with Crippen LogP contribution in [0.15, 0.2) is 0 Å². The van der Waals surface area contributed by atoms with Crippen LogP contribution in [-0.2, 0) is 14.6 Å². The van der Waals surface area contributed by atoms with Gasteiger partial charge in [0.25, 0.3) is 0 Å². The fourth-order valence-corrected chi connectivity index (χ4v) is 3.92. The predicted molar refractivity (Wildman–Crippen MR) is 70.4 cm³/mol. The minimum absolute atomic E-state index is 0.0450. The van der Waals surface area contributed by atoms with Crippen molar-refractivity contribution in [3.05, 3.63) is 0 Å². The number of likely N-dealkylation sites (N-methyl/N-ethyl adjacent to an activating group) is 1. The molecule has 1 heterocycles. The zero-order valence-corrected chi connectivity index (χ0v) is 11.9. The first kappa shape index (κ1) is 15.8. The molecule has 2 atom stereocenters. The number of nitrogens with one attached hydrogen (secondary N) is 1. The van der Waals surface area contributed by atoms with Crippen LogP contribution in [0.5, 0.6) is 0 Å². The van der Waals surface area contributed by atoms with Crippen LogP contribution in [0.4, 0.5) is 0 Å². The third kappa shape index (κ3) is 5.62. The predicted octanol–water partition coefficient (Wildman–Crippen LogP) is -1.30. The average molecular weight is 280 g/mol. The van der Waals surface area contributed by atoms with Crippen LogP contribution in [0.25, 0.3) is 0 Å². The first-order valence-electron chi connectivity index (χ1n) is 6.23. The summed E-state index contributed by atoms with van der Waals surface area (Å²) in [4.78, 5) is 1.94. The van der Waals surface area contributed by atoms with Crippen molar-refractivity contribution in [2.45, 2.75) is 18.6 Å².